The number of nitrogens with zero attached hydrogens (tertiary/aromatic N) is 1. The fourth-order valence-corrected chi connectivity index (χ4v) is 2.54. The second-order valence-electron chi connectivity index (χ2n) is 4.33. The number of nitrogens with one attached hydrogen (secondary N) is 1. The number of carbonyl (C=O) groups is 1. The minimum Gasteiger partial charge on any atom is -0.345 e. The number of carbonyl (C=O) groups excluding carboxylic acids is 1. The zero-order valence-corrected chi connectivity index (χ0v) is 11.9. The number of aromatic nitrogens is 1. The molecule has 3 nitrogen and oxygen atoms in total. The summed E-state index contributed by atoms with van der Waals surface area (Å²) in [6, 6.07) is 2.76. The van der Waals surface area contributed by atoms with Gasteiger partial charge in [0, 0.05) is 11.6 Å². The smallest absolute Gasteiger partial charge is 0.263 e. The highest BCUT2D eigenvalue weighted by molar-refractivity contribution is 7.13. The second-order valence-corrected chi connectivity index (χ2v) is 5.45. The largest absolute Gasteiger partial charge is 0.345 e. The molecule has 0 bridgehead atoms. The van der Waals surface area contributed by atoms with Crippen LogP contribution in [0.3, 0.4) is 0 Å². The third kappa shape index (κ3) is 3.19. The quantitative estimate of drug-likeness (QED) is 0.938. The van der Waals surface area contributed by atoms with Crippen LogP contribution in [0.1, 0.15) is 40.1 Å². The highest BCUT2D eigenvalue weighted by Gasteiger charge is 2.16. The van der Waals surface area contributed by atoms with E-state index in [1.165, 1.54) is 29.7 Å². The van der Waals surface area contributed by atoms with Crippen LogP contribution in [-0.2, 0) is 6.42 Å². The highest BCUT2D eigenvalue weighted by atomic mass is 32.1. The molecular weight excluding hydrogens is 282 g/mol. The van der Waals surface area contributed by atoms with Crippen LogP contribution in [0.5, 0.6) is 0 Å². The van der Waals surface area contributed by atoms with Crippen molar-refractivity contribution in [1.82, 2.24) is 10.3 Å². The van der Waals surface area contributed by atoms with Crippen molar-refractivity contribution in [3.8, 4) is 0 Å². The minimum atomic E-state index is -0.670. The van der Waals surface area contributed by atoms with Gasteiger partial charge in [-0.2, -0.15) is 0 Å². The van der Waals surface area contributed by atoms with Crippen molar-refractivity contribution in [2.75, 3.05) is 0 Å². The normalized spacial score (nSPS) is 12.2. The zero-order valence-electron chi connectivity index (χ0n) is 11.1. The maximum atomic E-state index is 13.6. The molecule has 1 N–H and O–H groups in total. The van der Waals surface area contributed by atoms with Crippen molar-refractivity contribution in [3.05, 3.63) is 51.5 Å². The van der Waals surface area contributed by atoms with Crippen molar-refractivity contribution in [1.29, 1.82) is 0 Å². The third-order valence-corrected chi connectivity index (χ3v) is 4.00. The number of amides is 1. The molecule has 106 valence electrons. The molecule has 1 aromatic heterocycles. The van der Waals surface area contributed by atoms with E-state index in [9.17, 15) is 13.6 Å². The molecule has 2 rings (SSSR count). The summed E-state index contributed by atoms with van der Waals surface area (Å²) in [7, 11) is 0. The van der Waals surface area contributed by atoms with E-state index in [1.54, 1.807) is 6.92 Å². The lowest BCUT2D eigenvalue weighted by Crippen LogP contribution is -2.26. The number of thiazole rings is 1. The van der Waals surface area contributed by atoms with Crippen LogP contribution in [0.25, 0.3) is 0 Å². The third-order valence-electron chi connectivity index (χ3n) is 2.86. The monoisotopic (exact) mass is 296 g/mol. The van der Waals surface area contributed by atoms with Crippen LogP contribution in [0.15, 0.2) is 24.4 Å². The summed E-state index contributed by atoms with van der Waals surface area (Å²) in [6.07, 6.45) is 2.27. The van der Waals surface area contributed by atoms with Crippen molar-refractivity contribution in [3.63, 3.8) is 0 Å². The molecule has 0 saturated carbocycles. The fourth-order valence-electron chi connectivity index (χ4n) is 1.78. The number of hydrogen-bond acceptors (Lipinski definition) is 3. The molecule has 1 amide bonds. The molecule has 1 unspecified atom stereocenters. The molecule has 1 atom stereocenters. The number of hydrogen-bond donors (Lipinski definition) is 1. The number of rotatable bonds is 4. The molecule has 20 heavy (non-hydrogen) atoms. The van der Waals surface area contributed by atoms with Crippen molar-refractivity contribution in [2.45, 2.75) is 26.3 Å². The Hall–Kier alpha value is -1.82. The Kier molecular flexibility index (Phi) is 4.44. The van der Waals surface area contributed by atoms with Gasteiger partial charge in [-0.15, -0.1) is 11.3 Å². The summed E-state index contributed by atoms with van der Waals surface area (Å²) in [5.41, 5.74) is 0.250. The molecule has 0 fully saturated rings. The van der Waals surface area contributed by atoms with Gasteiger partial charge < -0.3 is 5.32 Å². The van der Waals surface area contributed by atoms with E-state index in [2.05, 4.69) is 10.3 Å². The Balaban J connectivity index is 2.10. The minimum absolute atomic E-state index is 0.250. The topological polar surface area (TPSA) is 42.0 Å². The summed E-state index contributed by atoms with van der Waals surface area (Å²) in [5.74, 6) is -1.62. The van der Waals surface area contributed by atoms with E-state index in [4.69, 9.17) is 0 Å². The van der Waals surface area contributed by atoms with Gasteiger partial charge in [-0.25, -0.2) is 13.8 Å². The predicted octanol–water partition coefficient (Wildman–Crippen LogP) is 3.47. The first-order chi connectivity index (χ1) is 9.51. The standard InChI is InChI=1S/C14H14F2N2OS/c1-3-13-17-7-12(20-13)14(19)18-8(2)10-5-4-9(15)6-11(10)16/h4-8H,3H2,1-2H3,(H,18,19). The molecule has 1 heterocycles. The molecule has 0 aliphatic rings. The molecule has 0 radical (unpaired) electrons. The lowest BCUT2D eigenvalue weighted by Gasteiger charge is -2.14. The van der Waals surface area contributed by atoms with Crippen molar-refractivity contribution in [2.24, 2.45) is 0 Å². The molecule has 0 spiro atoms. The van der Waals surface area contributed by atoms with E-state index < -0.39 is 17.7 Å². The SMILES string of the molecule is CCc1ncc(C(=O)NC(C)c2ccc(F)cc2F)s1. The van der Waals surface area contributed by atoms with Gasteiger partial charge in [-0.3, -0.25) is 4.79 Å². The molecule has 2 aromatic rings. The van der Waals surface area contributed by atoms with E-state index in [0.29, 0.717) is 4.88 Å². The number of benzene rings is 1. The average Bonchev–Trinajstić information content (AvgIpc) is 2.87. The highest BCUT2D eigenvalue weighted by Crippen LogP contribution is 2.19. The lowest BCUT2D eigenvalue weighted by atomic mass is 10.1. The van der Waals surface area contributed by atoms with E-state index in [-0.39, 0.29) is 11.5 Å². The molecular formula is C14H14F2N2OS. The van der Waals surface area contributed by atoms with E-state index in [1.807, 2.05) is 6.92 Å². The van der Waals surface area contributed by atoms with Gasteiger partial charge in [-0.1, -0.05) is 13.0 Å². The Morgan fingerprint density at radius 1 is 1.45 bits per heavy atom. The predicted molar refractivity (Wildman–Crippen MR) is 73.7 cm³/mol. The summed E-state index contributed by atoms with van der Waals surface area (Å²) in [4.78, 5) is 16.6. The molecule has 0 aliphatic heterocycles. The summed E-state index contributed by atoms with van der Waals surface area (Å²) >= 11 is 1.31. The molecule has 0 aliphatic carbocycles. The second kappa shape index (κ2) is 6.09. The van der Waals surface area contributed by atoms with Gasteiger partial charge in [0.15, 0.2) is 0 Å². The first-order valence-corrected chi connectivity index (χ1v) is 7.03. The van der Waals surface area contributed by atoms with E-state index in [0.717, 1.165) is 17.5 Å². The maximum Gasteiger partial charge on any atom is 0.263 e. The first-order valence-electron chi connectivity index (χ1n) is 6.21. The van der Waals surface area contributed by atoms with Gasteiger partial charge in [0.1, 0.15) is 16.5 Å². The Morgan fingerprint density at radius 3 is 2.80 bits per heavy atom. The summed E-state index contributed by atoms with van der Waals surface area (Å²) in [6.45, 7) is 3.60. The van der Waals surface area contributed by atoms with E-state index >= 15 is 0 Å². The Labute approximate surface area is 119 Å². The van der Waals surface area contributed by atoms with Crippen LogP contribution in [0.2, 0.25) is 0 Å². The first kappa shape index (κ1) is 14.6. The lowest BCUT2D eigenvalue weighted by molar-refractivity contribution is 0.0943. The number of halogens is 2. The Morgan fingerprint density at radius 2 is 2.20 bits per heavy atom. The van der Waals surface area contributed by atoms with Crippen LogP contribution in [0, 0.1) is 11.6 Å². The Bertz CT molecular complexity index is 627. The van der Waals surface area contributed by atoms with Crippen LogP contribution in [-0.4, -0.2) is 10.9 Å². The van der Waals surface area contributed by atoms with Crippen LogP contribution < -0.4 is 5.32 Å². The number of aryl methyl sites for hydroxylation is 1. The van der Waals surface area contributed by atoms with Gasteiger partial charge in [0.05, 0.1) is 17.2 Å². The molecule has 6 heteroatoms. The summed E-state index contributed by atoms with van der Waals surface area (Å²) < 4.78 is 26.5. The van der Waals surface area contributed by atoms with Crippen LogP contribution >= 0.6 is 11.3 Å². The fraction of sp³-hybridized carbons (Fsp3) is 0.286. The van der Waals surface area contributed by atoms with Crippen molar-refractivity contribution < 1.29 is 13.6 Å². The summed E-state index contributed by atoms with van der Waals surface area (Å²) in [5, 5.41) is 3.55. The van der Waals surface area contributed by atoms with Gasteiger partial charge >= 0.3 is 0 Å². The van der Waals surface area contributed by atoms with Crippen LogP contribution in [0.4, 0.5) is 8.78 Å². The molecule has 0 saturated heterocycles. The van der Waals surface area contributed by atoms with Crippen molar-refractivity contribution >= 4 is 17.2 Å². The maximum absolute atomic E-state index is 13.6. The zero-order chi connectivity index (χ0) is 14.7. The van der Waals surface area contributed by atoms with Gasteiger partial charge in [-0.05, 0) is 19.4 Å². The van der Waals surface area contributed by atoms with Gasteiger partial charge in [0.2, 0.25) is 0 Å². The molecule has 1 aromatic carbocycles. The van der Waals surface area contributed by atoms with Gasteiger partial charge in [0.25, 0.3) is 5.91 Å². The average molecular weight is 296 g/mol.